The molecule has 0 bridgehead atoms. The van der Waals surface area contributed by atoms with E-state index in [0.717, 1.165) is 22.6 Å². The topological polar surface area (TPSA) is 55.0 Å². The van der Waals surface area contributed by atoms with Crippen LogP contribution in [0.1, 0.15) is 11.1 Å². The van der Waals surface area contributed by atoms with Crippen molar-refractivity contribution in [1.29, 1.82) is 5.26 Å². The Labute approximate surface area is 140 Å². The molecule has 0 fully saturated rings. The number of methoxy groups -OCH3 is 1. The van der Waals surface area contributed by atoms with Crippen molar-refractivity contribution in [3.63, 3.8) is 0 Å². The Morgan fingerprint density at radius 3 is 2.33 bits per heavy atom. The van der Waals surface area contributed by atoms with Crippen LogP contribution in [0.2, 0.25) is 0 Å². The summed E-state index contributed by atoms with van der Waals surface area (Å²) in [6.45, 7) is 0.413. The summed E-state index contributed by atoms with van der Waals surface area (Å²) >= 11 is 0. The number of nitrogens with zero attached hydrogens (tertiary/aromatic N) is 2. The monoisotopic (exact) mass is 316 g/mol. The maximum absolute atomic E-state index is 12.6. The molecule has 0 aliphatic heterocycles. The van der Waals surface area contributed by atoms with Gasteiger partial charge in [0.05, 0.1) is 19.3 Å². The Kier molecular flexibility index (Phi) is 4.44. The van der Waals surface area contributed by atoms with Crippen LogP contribution in [0.15, 0.2) is 71.5 Å². The van der Waals surface area contributed by atoms with Crippen molar-refractivity contribution in [1.82, 2.24) is 4.57 Å². The van der Waals surface area contributed by atoms with Crippen LogP contribution in [-0.2, 0) is 6.54 Å². The summed E-state index contributed by atoms with van der Waals surface area (Å²) < 4.78 is 6.81. The van der Waals surface area contributed by atoms with Crippen LogP contribution in [0.25, 0.3) is 11.3 Å². The van der Waals surface area contributed by atoms with Crippen molar-refractivity contribution in [2.75, 3.05) is 7.11 Å². The highest BCUT2D eigenvalue weighted by atomic mass is 16.5. The Morgan fingerprint density at radius 2 is 1.71 bits per heavy atom. The molecule has 0 atom stereocenters. The first-order valence-electron chi connectivity index (χ1n) is 7.55. The average Bonchev–Trinajstić information content (AvgIpc) is 2.64. The van der Waals surface area contributed by atoms with E-state index in [1.54, 1.807) is 17.7 Å². The molecule has 0 saturated carbocycles. The highest BCUT2D eigenvalue weighted by Crippen LogP contribution is 2.22. The molecule has 0 aliphatic carbocycles. The van der Waals surface area contributed by atoms with Crippen LogP contribution in [-0.4, -0.2) is 11.7 Å². The third-order valence-electron chi connectivity index (χ3n) is 3.86. The van der Waals surface area contributed by atoms with E-state index < -0.39 is 0 Å². The fourth-order valence-electron chi connectivity index (χ4n) is 2.60. The summed E-state index contributed by atoms with van der Waals surface area (Å²) in [4.78, 5) is 12.6. The first-order valence-corrected chi connectivity index (χ1v) is 7.55. The highest BCUT2D eigenvalue weighted by molar-refractivity contribution is 5.61. The van der Waals surface area contributed by atoms with E-state index in [1.807, 2.05) is 66.7 Å². The molecule has 0 radical (unpaired) electrons. The van der Waals surface area contributed by atoms with Gasteiger partial charge in [0.15, 0.2) is 0 Å². The highest BCUT2D eigenvalue weighted by Gasteiger charge is 2.11. The van der Waals surface area contributed by atoms with Gasteiger partial charge in [0.2, 0.25) is 0 Å². The lowest BCUT2D eigenvalue weighted by Crippen LogP contribution is -2.24. The fraction of sp³-hybridized carbons (Fsp3) is 0.100. The molecular formula is C20H16N2O2. The van der Waals surface area contributed by atoms with Gasteiger partial charge in [-0.05, 0) is 47.5 Å². The lowest BCUT2D eigenvalue weighted by Gasteiger charge is -2.14. The van der Waals surface area contributed by atoms with E-state index in [0.29, 0.717) is 6.54 Å². The Morgan fingerprint density at radius 1 is 1.00 bits per heavy atom. The standard InChI is InChI=1S/C20H16N2O2/c1-24-18-10-7-16(8-11-18)19-12-9-17(13-21)20(23)22(19)14-15-5-3-2-4-6-15/h2-12H,14H2,1H3. The molecule has 3 aromatic rings. The minimum absolute atomic E-state index is 0.142. The molecule has 2 aromatic carbocycles. The first kappa shape index (κ1) is 15.6. The summed E-state index contributed by atoms with van der Waals surface area (Å²) in [5, 5.41) is 9.16. The molecule has 3 rings (SSSR count). The number of hydrogen-bond donors (Lipinski definition) is 0. The molecular weight excluding hydrogens is 300 g/mol. The van der Waals surface area contributed by atoms with E-state index in [1.165, 1.54) is 0 Å². The smallest absolute Gasteiger partial charge is 0.269 e. The molecule has 0 saturated heterocycles. The van der Waals surface area contributed by atoms with Gasteiger partial charge in [-0.2, -0.15) is 5.26 Å². The molecule has 0 amide bonds. The van der Waals surface area contributed by atoms with Crippen LogP contribution < -0.4 is 10.3 Å². The van der Waals surface area contributed by atoms with Crippen molar-refractivity contribution >= 4 is 0 Å². The van der Waals surface area contributed by atoms with Crippen molar-refractivity contribution < 1.29 is 4.74 Å². The molecule has 118 valence electrons. The number of aromatic nitrogens is 1. The molecule has 0 N–H and O–H groups in total. The summed E-state index contributed by atoms with van der Waals surface area (Å²) in [5.74, 6) is 0.754. The normalized spacial score (nSPS) is 10.2. The quantitative estimate of drug-likeness (QED) is 0.741. The molecule has 4 nitrogen and oxygen atoms in total. The van der Waals surface area contributed by atoms with Gasteiger partial charge >= 0.3 is 0 Å². The molecule has 4 heteroatoms. The first-order chi connectivity index (χ1) is 11.7. The van der Waals surface area contributed by atoms with Crippen molar-refractivity contribution in [2.24, 2.45) is 0 Å². The van der Waals surface area contributed by atoms with Gasteiger partial charge < -0.3 is 9.30 Å². The third-order valence-corrected chi connectivity index (χ3v) is 3.86. The van der Waals surface area contributed by atoms with Crippen LogP contribution in [0, 0.1) is 11.3 Å². The number of rotatable bonds is 4. The van der Waals surface area contributed by atoms with Crippen LogP contribution in [0.3, 0.4) is 0 Å². The molecule has 1 aromatic heterocycles. The second kappa shape index (κ2) is 6.84. The molecule has 24 heavy (non-hydrogen) atoms. The van der Waals surface area contributed by atoms with Gasteiger partial charge in [0, 0.05) is 0 Å². The lowest BCUT2D eigenvalue weighted by molar-refractivity contribution is 0.415. The molecule has 0 spiro atoms. The molecule has 0 aliphatic rings. The minimum atomic E-state index is -0.283. The maximum atomic E-state index is 12.6. The van der Waals surface area contributed by atoms with E-state index >= 15 is 0 Å². The number of benzene rings is 2. The zero-order valence-corrected chi connectivity index (χ0v) is 13.3. The van der Waals surface area contributed by atoms with Crippen LogP contribution >= 0.6 is 0 Å². The van der Waals surface area contributed by atoms with E-state index in [9.17, 15) is 4.79 Å². The largest absolute Gasteiger partial charge is 0.497 e. The van der Waals surface area contributed by atoms with Crippen molar-refractivity contribution in [2.45, 2.75) is 6.54 Å². The Bertz CT molecular complexity index is 936. The van der Waals surface area contributed by atoms with E-state index in [-0.39, 0.29) is 11.1 Å². The lowest BCUT2D eigenvalue weighted by atomic mass is 10.1. The van der Waals surface area contributed by atoms with Gasteiger partial charge in [0.25, 0.3) is 5.56 Å². The van der Waals surface area contributed by atoms with Gasteiger partial charge in [0.1, 0.15) is 17.4 Å². The van der Waals surface area contributed by atoms with Crippen LogP contribution in [0.5, 0.6) is 5.75 Å². The summed E-state index contributed by atoms with van der Waals surface area (Å²) in [6.07, 6.45) is 0. The van der Waals surface area contributed by atoms with Gasteiger partial charge in [-0.15, -0.1) is 0 Å². The van der Waals surface area contributed by atoms with Gasteiger partial charge in [-0.25, -0.2) is 0 Å². The van der Waals surface area contributed by atoms with E-state index in [2.05, 4.69) is 0 Å². The number of ether oxygens (including phenoxy) is 1. The fourth-order valence-corrected chi connectivity index (χ4v) is 2.60. The number of nitriles is 1. The summed E-state index contributed by atoms with van der Waals surface area (Å²) in [6, 6.07) is 22.6. The zero-order chi connectivity index (χ0) is 16.9. The SMILES string of the molecule is COc1ccc(-c2ccc(C#N)c(=O)n2Cc2ccccc2)cc1. The van der Waals surface area contributed by atoms with Crippen LogP contribution in [0.4, 0.5) is 0 Å². The minimum Gasteiger partial charge on any atom is -0.497 e. The summed E-state index contributed by atoms with van der Waals surface area (Å²) in [5.41, 5.74) is 2.53. The second-order valence-electron chi connectivity index (χ2n) is 5.35. The van der Waals surface area contributed by atoms with Gasteiger partial charge in [-0.3, -0.25) is 4.79 Å². The molecule has 0 unspecified atom stereocenters. The molecule has 1 heterocycles. The van der Waals surface area contributed by atoms with Gasteiger partial charge in [-0.1, -0.05) is 30.3 Å². The predicted octanol–water partition coefficient (Wildman–Crippen LogP) is 3.44. The van der Waals surface area contributed by atoms with Crippen molar-refractivity contribution in [3.05, 3.63) is 88.2 Å². The third kappa shape index (κ3) is 3.06. The number of pyridine rings is 1. The number of hydrogen-bond acceptors (Lipinski definition) is 3. The van der Waals surface area contributed by atoms with E-state index in [4.69, 9.17) is 10.00 Å². The Balaban J connectivity index is 2.13. The summed E-state index contributed by atoms with van der Waals surface area (Å²) in [7, 11) is 1.61. The van der Waals surface area contributed by atoms with Crippen molar-refractivity contribution in [3.8, 4) is 23.1 Å². The zero-order valence-electron chi connectivity index (χ0n) is 13.3. The average molecular weight is 316 g/mol. The maximum Gasteiger partial charge on any atom is 0.269 e. The second-order valence-corrected chi connectivity index (χ2v) is 5.35. The predicted molar refractivity (Wildman–Crippen MR) is 92.9 cm³/mol. The Hall–Kier alpha value is -3.32.